The summed E-state index contributed by atoms with van der Waals surface area (Å²) in [7, 11) is 0. The molecule has 2 aromatic carbocycles. The van der Waals surface area contributed by atoms with Crippen molar-refractivity contribution in [2.24, 2.45) is 5.18 Å². The first kappa shape index (κ1) is 15.3. The van der Waals surface area contributed by atoms with Gasteiger partial charge in [0.25, 0.3) is 0 Å². The first-order valence-corrected chi connectivity index (χ1v) is 6.77. The summed E-state index contributed by atoms with van der Waals surface area (Å²) in [5, 5.41) is 11.9. The molecule has 0 aliphatic heterocycles. The fourth-order valence-corrected chi connectivity index (χ4v) is 2.42. The van der Waals surface area contributed by atoms with Gasteiger partial charge in [-0.15, -0.1) is 4.91 Å². The summed E-state index contributed by atoms with van der Waals surface area (Å²) in [6, 6.07) is 8.29. The number of carbonyl (C=O) groups excluding carboxylic acids is 2. The number of nitrogens with zero attached hydrogens (tertiary/aromatic N) is 1. The summed E-state index contributed by atoms with van der Waals surface area (Å²) in [5.41, 5.74) is -0.868. The number of aldehydes is 2. The first-order chi connectivity index (χ1) is 11.6. The summed E-state index contributed by atoms with van der Waals surface area (Å²) < 4.78 is 5.60. The molecule has 0 saturated carbocycles. The zero-order valence-corrected chi connectivity index (χ0v) is 12.1. The van der Waals surface area contributed by atoms with Gasteiger partial charge in [-0.1, -0.05) is 0 Å². The predicted molar refractivity (Wildman–Crippen MR) is 85.8 cm³/mol. The first-order valence-electron chi connectivity index (χ1n) is 6.77. The van der Waals surface area contributed by atoms with Gasteiger partial charge in [-0.25, -0.2) is 0 Å². The molecule has 0 unspecified atom stereocenters. The van der Waals surface area contributed by atoms with E-state index in [1.54, 1.807) is 12.1 Å². The van der Waals surface area contributed by atoms with Gasteiger partial charge >= 0.3 is 0 Å². The summed E-state index contributed by atoms with van der Waals surface area (Å²) in [4.78, 5) is 45.7. The highest BCUT2D eigenvalue weighted by molar-refractivity contribution is 6.05. The molecule has 118 valence electrons. The molecule has 1 heterocycles. The van der Waals surface area contributed by atoms with Gasteiger partial charge in [-0.3, -0.25) is 14.4 Å². The van der Waals surface area contributed by atoms with Crippen LogP contribution in [0.3, 0.4) is 0 Å². The minimum absolute atomic E-state index is 0.0344. The highest BCUT2D eigenvalue weighted by Gasteiger charge is 2.18. The van der Waals surface area contributed by atoms with Crippen LogP contribution in [0.2, 0.25) is 0 Å². The fourth-order valence-electron chi connectivity index (χ4n) is 2.42. The maximum absolute atomic E-state index is 12.4. The van der Waals surface area contributed by atoms with E-state index < -0.39 is 11.1 Å². The highest BCUT2D eigenvalue weighted by atomic mass is 16.3. The SMILES string of the molecule is O=Cc1cc2oc(-c3ccc(O)cc3)cc(=O)c2c(N=O)c1C=O. The Labute approximate surface area is 134 Å². The normalized spacial score (nSPS) is 10.5. The Morgan fingerprint density at radius 2 is 1.75 bits per heavy atom. The van der Waals surface area contributed by atoms with Crippen LogP contribution in [0, 0.1) is 4.91 Å². The van der Waals surface area contributed by atoms with E-state index in [9.17, 15) is 24.4 Å². The quantitative estimate of drug-likeness (QED) is 0.582. The van der Waals surface area contributed by atoms with Crippen molar-refractivity contribution in [3.05, 3.63) is 62.7 Å². The number of hydrogen-bond acceptors (Lipinski definition) is 7. The average molecular weight is 323 g/mol. The van der Waals surface area contributed by atoms with E-state index in [0.717, 1.165) is 6.07 Å². The van der Waals surface area contributed by atoms with Gasteiger partial charge in [-0.05, 0) is 35.5 Å². The topological polar surface area (TPSA) is 114 Å². The van der Waals surface area contributed by atoms with Gasteiger partial charge in [0, 0.05) is 17.2 Å². The van der Waals surface area contributed by atoms with Crippen LogP contribution in [0.25, 0.3) is 22.3 Å². The molecule has 0 saturated heterocycles. The molecule has 3 aromatic rings. The van der Waals surface area contributed by atoms with Crippen molar-refractivity contribution in [3.8, 4) is 17.1 Å². The maximum Gasteiger partial charge on any atom is 0.195 e. The molecule has 24 heavy (non-hydrogen) atoms. The van der Waals surface area contributed by atoms with Crippen LogP contribution in [-0.2, 0) is 0 Å². The Morgan fingerprint density at radius 3 is 2.33 bits per heavy atom. The molecule has 0 bridgehead atoms. The fraction of sp³-hybridized carbons (Fsp3) is 0. The van der Waals surface area contributed by atoms with E-state index in [-0.39, 0.29) is 33.6 Å². The molecule has 3 rings (SSSR count). The summed E-state index contributed by atoms with van der Waals surface area (Å²) in [5.74, 6) is 0.230. The lowest BCUT2D eigenvalue weighted by molar-refractivity contribution is 0.109. The summed E-state index contributed by atoms with van der Waals surface area (Å²) >= 11 is 0. The van der Waals surface area contributed by atoms with E-state index in [0.29, 0.717) is 18.1 Å². The second kappa shape index (κ2) is 5.88. The maximum atomic E-state index is 12.4. The molecule has 1 aromatic heterocycles. The number of fused-ring (bicyclic) bond motifs is 1. The minimum Gasteiger partial charge on any atom is -0.508 e. The molecule has 0 radical (unpaired) electrons. The van der Waals surface area contributed by atoms with Crippen LogP contribution in [0.1, 0.15) is 20.7 Å². The van der Waals surface area contributed by atoms with Gasteiger partial charge < -0.3 is 9.52 Å². The van der Waals surface area contributed by atoms with Crippen LogP contribution in [0.5, 0.6) is 5.75 Å². The van der Waals surface area contributed by atoms with Crippen LogP contribution in [0.15, 0.2) is 50.8 Å². The standard InChI is InChI=1S/C17H9NO6/c19-7-10-5-15-16(17(18-23)12(10)8-20)13(22)6-14(24-15)9-1-3-11(21)4-2-9/h1-8,21H. The summed E-state index contributed by atoms with van der Waals surface area (Å²) in [6.45, 7) is 0. The molecule has 0 atom stereocenters. The zero-order chi connectivity index (χ0) is 17.3. The molecule has 0 aliphatic rings. The van der Waals surface area contributed by atoms with E-state index in [2.05, 4.69) is 5.18 Å². The lowest BCUT2D eigenvalue weighted by Crippen LogP contribution is -2.04. The second-order valence-corrected chi connectivity index (χ2v) is 4.95. The molecule has 0 fully saturated rings. The van der Waals surface area contributed by atoms with Gasteiger partial charge in [0.1, 0.15) is 22.8 Å². The Bertz CT molecular complexity index is 1030. The minimum atomic E-state index is -0.575. The molecule has 7 nitrogen and oxygen atoms in total. The van der Waals surface area contributed by atoms with E-state index in [1.807, 2.05) is 0 Å². The smallest absolute Gasteiger partial charge is 0.195 e. The average Bonchev–Trinajstić information content (AvgIpc) is 2.60. The number of phenolic OH excluding ortho intramolecular Hbond substituents is 1. The van der Waals surface area contributed by atoms with E-state index >= 15 is 0 Å². The molecule has 0 spiro atoms. The van der Waals surface area contributed by atoms with Crippen LogP contribution in [0.4, 0.5) is 5.69 Å². The lowest BCUT2D eigenvalue weighted by Gasteiger charge is -2.07. The van der Waals surface area contributed by atoms with E-state index in [4.69, 9.17) is 4.42 Å². The van der Waals surface area contributed by atoms with Crippen LogP contribution < -0.4 is 5.43 Å². The van der Waals surface area contributed by atoms with Gasteiger partial charge in [0.05, 0.1) is 10.9 Å². The number of carbonyl (C=O) groups is 2. The van der Waals surface area contributed by atoms with Crippen LogP contribution >= 0.6 is 0 Å². The molecule has 0 aliphatic carbocycles. The monoisotopic (exact) mass is 323 g/mol. The zero-order valence-electron chi connectivity index (χ0n) is 12.1. The van der Waals surface area contributed by atoms with Crippen LogP contribution in [-0.4, -0.2) is 17.7 Å². The number of aromatic hydroxyl groups is 1. The largest absolute Gasteiger partial charge is 0.508 e. The van der Waals surface area contributed by atoms with Gasteiger partial charge in [-0.2, -0.15) is 0 Å². The predicted octanol–water partition coefficient (Wildman–Crippen LogP) is 3.19. The van der Waals surface area contributed by atoms with Crippen molar-refractivity contribution >= 4 is 29.2 Å². The number of nitroso groups, excluding NO2 is 1. The second-order valence-electron chi connectivity index (χ2n) is 4.95. The van der Waals surface area contributed by atoms with Gasteiger partial charge in [0.2, 0.25) is 0 Å². The Hall–Kier alpha value is -3.61. The van der Waals surface area contributed by atoms with Crippen molar-refractivity contribution < 1.29 is 19.1 Å². The molecular formula is C17H9NO6. The highest BCUT2D eigenvalue weighted by Crippen LogP contribution is 2.32. The Morgan fingerprint density at radius 1 is 1.04 bits per heavy atom. The number of phenols is 1. The number of benzene rings is 2. The molecule has 1 N–H and O–H groups in total. The van der Waals surface area contributed by atoms with Crippen molar-refractivity contribution in [2.75, 3.05) is 0 Å². The molecular weight excluding hydrogens is 314 g/mol. The van der Waals surface area contributed by atoms with Gasteiger partial charge in [0.15, 0.2) is 18.0 Å². The van der Waals surface area contributed by atoms with Crippen molar-refractivity contribution in [1.82, 2.24) is 0 Å². The summed E-state index contributed by atoms with van der Waals surface area (Å²) in [6.07, 6.45) is 0.679. The van der Waals surface area contributed by atoms with Crippen molar-refractivity contribution in [2.45, 2.75) is 0 Å². The lowest BCUT2D eigenvalue weighted by atomic mass is 10.0. The van der Waals surface area contributed by atoms with E-state index in [1.165, 1.54) is 18.2 Å². The van der Waals surface area contributed by atoms with Crippen molar-refractivity contribution in [1.29, 1.82) is 0 Å². The Kier molecular flexibility index (Phi) is 3.75. The third kappa shape index (κ3) is 2.38. The number of rotatable bonds is 4. The molecule has 7 heteroatoms. The molecule has 0 amide bonds. The van der Waals surface area contributed by atoms with Crippen molar-refractivity contribution in [3.63, 3.8) is 0 Å². The third-order valence-corrected chi connectivity index (χ3v) is 3.55. The Balaban J connectivity index is 2.38. The number of hydrogen-bond donors (Lipinski definition) is 1. The third-order valence-electron chi connectivity index (χ3n) is 3.55.